The summed E-state index contributed by atoms with van der Waals surface area (Å²) in [4.78, 5) is 11.0. The Labute approximate surface area is 154 Å². The van der Waals surface area contributed by atoms with Gasteiger partial charge in [0.25, 0.3) is 0 Å². The highest BCUT2D eigenvalue weighted by Crippen LogP contribution is 2.31. The van der Waals surface area contributed by atoms with Gasteiger partial charge in [-0.25, -0.2) is 8.78 Å². The molecule has 3 aromatic carbocycles. The van der Waals surface area contributed by atoms with Crippen molar-refractivity contribution in [3.8, 4) is 28.4 Å². The van der Waals surface area contributed by atoms with E-state index in [0.29, 0.717) is 33.9 Å². The molecule has 0 amide bonds. The van der Waals surface area contributed by atoms with Crippen molar-refractivity contribution >= 4 is 5.97 Å². The first-order chi connectivity index (χ1) is 12.9. The molecule has 0 aromatic heterocycles. The molecule has 4 nitrogen and oxygen atoms in total. The minimum Gasteiger partial charge on any atom is -0.497 e. The van der Waals surface area contributed by atoms with E-state index in [-0.39, 0.29) is 6.42 Å². The van der Waals surface area contributed by atoms with Crippen molar-refractivity contribution in [1.82, 2.24) is 0 Å². The summed E-state index contributed by atoms with van der Waals surface area (Å²) >= 11 is 0. The molecule has 0 aliphatic heterocycles. The first kappa shape index (κ1) is 18.4. The number of carbonyl (C=O) groups is 1. The average Bonchev–Trinajstić information content (AvgIpc) is 2.63. The molecule has 0 aliphatic rings. The Morgan fingerprint density at radius 2 is 1.63 bits per heavy atom. The minimum absolute atomic E-state index is 0.164. The van der Waals surface area contributed by atoms with Gasteiger partial charge in [-0.15, -0.1) is 0 Å². The molecule has 0 unspecified atom stereocenters. The van der Waals surface area contributed by atoms with E-state index in [0.717, 1.165) is 12.1 Å². The molecule has 0 bridgehead atoms. The van der Waals surface area contributed by atoms with Crippen molar-refractivity contribution in [1.29, 1.82) is 0 Å². The number of aliphatic carboxylic acids is 1. The number of carboxylic acids is 1. The van der Waals surface area contributed by atoms with E-state index in [9.17, 15) is 13.6 Å². The lowest BCUT2D eigenvalue weighted by Gasteiger charge is -2.11. The van der Waals surface area contributed by atoms with E-state index >= 15 is 0 Å². The van der Waals surface area contributed by atoms with E-state index in [1.165, 1.54) is 13.2 Å². The van der Waals surface area contributed by atoms with Gasteiger partial charge >= 0.3 is 5.97 Å². The number of ether oxygens (including phenoxy) is 2. The molecular formula is C21H16F2O4. The number of hydrogen-bond donors (Lipinski definition) is 1. The maximum absolute atomic E-state index is 13.5. The Bertz CT molecular complexity index is 986. The summed E-state index contributed by atoms with van der Waals surface area (Å²) in [7, 11) is 1.48. The summed E-state index contributed by atoms with van der Waals surface area (Å²) in [5, 5.41) is 8.98. The summed E-state index contributed by atoms with van der Waals surface area (Å²) in [6.07, 6.45) is -0.164. The molecule has 6 heteroatoms. The summed E-state index contributed by atoms with van der Waals surface area (Å²) < 4.78 is 37.6. The van der Waals surface area contributed by atoms with E-state index in [2.05, 4.69) is 0 Å². The molecule has 27 heavy (non-hydrogen) atoms. The molecule has 0 saturated carbocycles. The van der Waals surface area contributed by atoms with Crippen LogP contribution in [0.1, 0.15) is 5.56 Å². The zero-order valence-electron chi connectivity index (χ0n) is 14.4. The second kappa shape index (κ2) is 7.86. The molecule has 0 saturated heterocycles. The first-order valence-corrected chi connectivity index (χ1v) is 8.07. The van der Waals surface area contributed by atoms with Crippen molar-refractivity contribution in [3.05, 3.63) is 77.9 Å². The third kappa shape index (κ3) is 4.61. The first-order valence-electron chi connectivity index (χ1n) is 8.07. The van der Waals surface area contributed by atoms with Crippen LogP contribution in [-0.4, -0.2) is 18.2 Å². The zero-order valence-corrected chi connectivity index (χ0v) is 14.4. The summed E-state index contributed by atoms with van der Waals surface area (Å²) in [6, 6.07) is 15.4. The molecular weight excluding hydrogens is 354 g/mol. The number of benzene rings is 3. The predicted octanol–water partition coefficient (Wildman–Crippen LogP) is 5.06. The van der Waals surface area contributed by atoms with Crippen LogP contribution in [0.3, 0.4) is 0 Å². The van der Waals surface area contributed by atoms with Crippen molar-refractivity contribution in [3.63, 3.8) is 0 Å². The third-order valence-electron chi connectivity index (χ3n) is 3.85. The third-order valence-corrected chi connectivity index (χ3v) is 3.85. The van der Waals surface area contributed by atoms with Gasteiger partial charge in [0.05, 0.1) is 13.5 Å². The molecule has 1 N–H and O–H groups in total. The maximum atomic E-state index is 13.5. The lowest BCUT2D eigenvalue weighted by molar-refractivity contribution is -0.136. The molecule has 138 valence electrons. The maximum Gasteiger partial charge on any atom is 0.307 e. The number of methoxy groups -OCH3 is 1. The molecule has 0 radical (unpaired) electrons. The molecule has 0 atom stereocenters. The Morgan fingerprint density at radius 1 is 0.889 bits per heavy atom. The summed E-state index contributed by atoms with van der Waals surface area (Å²) in [5.41, 5.74) is 1.70. The van der Waals surface area contributed by atoms with Crippen LogP contribution in [-0.2, 0) is 11.2 Å². The molecule has 0 heterocycles. The van der Waals surface area contributed by atoms with Crippen molar-refractivity contribution < 1.29 is 28.2 Å². The minimum atomic E-state index is -0.963. The van der Waals surface area contributed by atoms with Crippen LogP contribution in [0.25, 0.3) is 11.1 Å². The van der Waals surface area contributed by atoms with Gasteiger partial charge in [-0.05, 0) is 53.1 Å². The SMILES string of the molecule is COc1cc(CC(=O)O)cc(Oc2cccc(-c3ccc(F)c(F)c3)c2)c1. The van der Waals surface area contributed by atoms with E-state index in [1.54, 1.807) is 42.5 Å². The van der Waals surface area contributed by atoms with Crippen LogP contribution in [0.4, 0.5) is 8.78 Å². The summed E-state index contributed by atoms with van der Waals surface area (Å²) in [6.45, 7) is 0. The van der Waals surface area contributed by atoms with Gasteiger partial charge in [0, 0.05) is 6.07 Å². The molecule has 0 fully saturated rings. The quantitative estimate of drug-likeness (QED) is 0.659. The van der Waals surface area contributed by atoms with Crippen LogP contribution in [0.5, 0.6) is 17.2 Å². The monoisotopic (exact) mass is 370 g/mol. The van der Waals surface area contributed by atoms with Gasteiger partial charge in [-0.1, -0.05) is 18.2 Å². The topological polar surface area (TPSA) is 55.8 Å². The van der Waals surface area contributed by atoms with Gasteiger partial charge in [-0.3, -0.25) is 4.79 Å². The molecule has 3 rings (SSSR count). The fraction of sp³-hybridized carbons (Fsp3) is 0.0952. The van der Waals surface area contributed by atoms with Crippen LogP contribution < -0.4 is 9.47 Å². The largest absolute Gasteiger partial charge is 0.497 e. The van der Waals surface area contributed by atoms with Crippen molar-refractivity contribution in [2.45, 2.75) is 6.42 Å². The Balaban J connectivity index is 1.90. The average molecular weight is 370 g/mol. The molecule has 3 aromatic rings. The van der Waals surface area contributed by atoms with Crippen molar-refractivity contribution in [2.75, 3.05) is 7.11 Å². The van der Waals surface area contributed by atoms with Gasteiger partial charge in [-0.2, -0.15) is 0 Å². The van der Waals surface area contributed by atoms with E-state index in [4.69, 9.17) is 14.6 Å². The Hall–Kier alpha value is -3.41. The predicted molar refractivity (Wildman–Crippen MR) is 96.2 cm³/mol. The smallest absolute Gasteiger partial charge is 0.307 e. The standard InChI is InChI=1S/C21H16F2O4/c1-26-17-7-13(9-21(24)25)8-18(12-17)27-16-4-2-3-14(10-16)15-5-6-19(22)20(23)11-15/h2-8,10-12H,9H2,1H3,(H,24,25). The van der Waals surface area contributed by atoms with Crippen molar-refractivity contribution in [2.24, 2.45) is 0 Å². The van der Waals surface area contributed by atoms with Gasteiger partial charge < -0.3 is 14.6 Å². The normalized spacial score (nSPS) is 10.5. The lowest BCUT2D eigenvalue weighted by atomic mass is 10.1. The zero-order chi connectivity index (χ0) is 19.4. The summed E-state index contributed by atoms with van der Waals surface area (Å²) in [5.74, 6) is -1.45. The Kier molecular flexibility index (Phi) is 5.35. The number of halogens is 2. The van der Waals surface area contributed by atoms with Crippen LogP contribution in [0.2, 0.25) is 0 Å². The lowest BCUT2D eigenvalue weighted by Crippen LogP contribution is -2.00. The fourth-order valence-electron chi connectivity index (χ4n) is 2.64. The second-order valence-corrected chi connectivity index (χ2v) is 5.85. The number of hydrogen-bond acceptors (Lipinski definition) is 3. The highest BCUT2D eigenvalue weighted by Gasteiger charge is 2.09. The van der Waals surface area contributed by atoms with Gasteiger partial charge in [0.1, 0.15) is 17.2 Å². The van der Waals surface area contributed by atoms with Crippen LogP contribution >= 0.6 is 0 Å². The number of carboxylic acid groups (broad SMARTS) is 1. The van der Waals surface area contributed by atoms with Gasteiger partial charge in [0.15, 0.2) is 11.6 Å². The molecule has 0 spiro atoms. The van der Waals surface area contributed by atoms with Crippen LogP contribution in [0, 0.1) is 11.6 Å². The van der Waals surface area contributed by atoms with Gasteiger partial charge in [0.2, 0.25) is 0 Å². The highest BCUT2D eigenvalue weighted by molar-refractivity contribution is 5.70. The highest BCUT2D eigenvalue weighted by atomic mass is 19.2. The fourth-order valence-corrected chi connectivity index (χ4v) is 2.64. The van der Waals surface area contributed by atoms with E-state index in [1.807, 2.05) is 0 Å². The Morgan fingerprint density at radius 3 is 2.33 bits per heavy atom. The second-order valence-electron chi connectivity index (χ2n) is 5.85. The molecule has 0 aliphatic carbocycles. The van der Waals surface area contributed by atoms with E-state index < -0.39 is 17.6 Å². The number of rotatable bonds is 6. The van der Waals surface area contributed by atoms with Crippen LogP contribution in [0.15, 0.2) is 60.7 Å².